The average Bonchev–Trinajstić information content (AvgIpc) is 2.28. The summed E-state index contributed by atoms with van der Waals surface area (Å²) in [5, 5.41) is 18.3. The Morgan fingerprint density at radius 2 is 1.87 bits per heavy atom. The maximum atomic E-state index is 9.76. The van der Waals surface area contributed by atoms with Gasteiger partial charge in [-0.3, -0.25) is 0 Å². The Labute approximate surface area is 88.7 Å². The van der Waals surface area contributed by atoms with E-state index in [-0.39, 0.29) is 6.42 Å². The summed E-state index contributed by atoms with van der Waals surface area (Å²) < 4.78 is 10.2. The molecule has 0 radical (unpaired) electrons. The maximum Gasteiger partial charge on any atom is 0.128 e. The van der Waals surface area contributed by atoms with Crippen molar-refractivity contribution in [2.75, 3.05) is 14.2 Å². The number of aliphatic hydroxyl groups is 1. The number of aliphatic hydroxyl groups excluding tert-OH is 1. The lowest BCUT2D eigenvalue weighted by atomic mass is 10.0. The standard InChI is InChI=1S/C11H13NO3/c1-14-9-4-3-5-10(15-2)11(9)8(13)6-7-12/h3-5,8,13H,6H2,1-2H3. The molecule has 0 saturated carbocycles. The average molecular weight is 207 g/mol. The van der Waals surface area contributed by atoms with E-state index in [2.05, 4.69) is 0 Å². The normalized spacial score (nSPS) is 11.6. The summed E-state index contributed by atoms with van der Waals surface area (Å²) in [6.45, 7) is 0. The molecule has 4 nitrogen and oxygen atoms in total. The fourth-order valence-corrected chi connectivity index (χ4v) is 1.40. The Morgan fingerprint density at radius 3 is 2.27 bits per heavy atom. The third-order valence-electron chi connectivity index (χ3n) is 2.08. The number of nitriles is 1. The topological polar surface area (TPSA) is 62.5 Å². The van der Waals surface area contributed by atoms with Crippen molar-refractivity contribution in [1.29, 1.82) is 5.26 Å². The summed E-state index contributed by atoms with van der Waals surface area (Å²) in [5.74, 6) is 1.05. The van der Waals surface area contributed by atoms with Gasteiger partial charge in [0.05, 0.1) is 38.4 Å². The van der Waals surface area contributed by atoms with Crippen LogP contribution in [0.4, 0.5) is 0 Å². The SMILES string of the molecule is COc1cccc(OC)c1C(O)CC#N. The van der Waals surface area contributed by atoms with Gasteiger partial charge in [-0.1, -0.05) is 6.07 Å². The van der Waals surface area contributed by atoms with Crippen molar-refractivity contribution in [2.45, 2.75) is 12.5 Å². The van der Waals surface area contributed by atoms with Crippen LogP contribution in [-0.2, 0) is 0 Å². The second-order valence-electron chi connectivity index (χ2n) is 2.95. The first kappa shape index (κ1) is 11.3. The number of rotatable bonds is 4. The Hall–Kier alpha value is -1.73. The minimum absolute atomic E-state index is 0.0106. The fraction of sp³-hybridized carbons (Fsp3) is 0.364. The molecule has 0 aliphatic rings. The molecule has 4 heteroatoms. The van der Waals surface area contributed by atoms with Gasteiger partial charge in [0.25, 0.3) is 0 Å². The van der Waals surface area contributed by atoms with Gasteiger partial charge < -0.3 is 14.6 Å². The lowest BCUT2D eigenvalue weighted by Crippen LogP contribution is -2.02. The van der Waals surface area contributed by atoms with Crippen molar-refractivity contribution in [3.8, 4) is 17.6 Å². The molecule has 0 spiro atoms. The number of benzene rings is 1. The summed E-state index contributed by atoms with van der Waals surface area (Å²) >= 11 is 0. The molecule has 1 aromatic rings. The highest BCUT2D eigenvalue weighted by Crippen LogP contribution is 2.35. The van der Waals surface area contributed by atoms with E-state index in [1.54, 1.807) is 18.2 Å². The van der Waals surface area contributed by atoms with Crippen LogP contribution in [0.1, 0.15) is 18.1 Å². The molecule has 15 heavy (non-hydrogen) atoms. The molecule has 80 valence electrons. The number of hydrogen-bond acceptors (Lipinski definition) is 4. The molecule has 0 heterocycles. The highest BCUT2D eigenvalue weighted by molar-refractivity contribution is 5.46. The maximum absolute atomic E-state index is 9.76. The van der Waals surface area contributed by atoms with Crippen LogP contribution in [-0.4, -0.2) is 19.3 Å². The molecule has 1 atom stereocenters. The molecule has 1 aromatic carbocycles. The van der Waals surface area contributed by atoms with E-state index < -0.39 is 6.10 Å². The van der Waals surface area contributed by atoms with Crippen molar-refractivity contribution in [1.82, 2.24) is 0 Å². The first-order chi connectivity index (χ1) is 7.24. The molecule has 0 aromatic heterocycles. The third-order valence-corrected chi connectivity index (χ3v) is 2.08. The molecule has 1 rings (SSSR count). The zero-order valence-electron chi connectivity index (χ0n) is 8.73. The molecule has 0 saturated heterocycles. The van der Waals surface area contributed by atoms with Crippen LogP contribution in [0.15, 0.2) is 18.2 Å². The molecular formula is C11H13NO3. The summed E-state index contributed by atoms with van der Waals surface area (Å²) in [7, 11) is 3.02. The van der Waals surface area contributed by atoms with Crippen LogP contribution in [0, 0.1) is 11.3 Å². The van der Waals surface area contributed by atoms with E-state index in [0.29, 0.717) is 17.1 Å². The van der Waals surface area contributed by atoms with Gasteiger partial charge in [0.1, 0.15) is 11.5 Å². The second-order valence-corrected chi connectivity index (χ2v) is 2.95. The van der Waals surface area contributed by atoms with Crippen LogP contribution in [0.3, 0.4) is 0 Å². The van der Waals surface area contributed by atoms with Crippen LogP contribution in [0.2, 0.25) is 0 Å². The molecule has 1 N–H and O–H groups in total. The molecule has 0 amide bonds. The predicted molar refractivity (Wildman–Crippen MR) is 54.7 cm³/mol. The Balaban J connectivity index is 3.16. The smallest absolute Gasteiger partial charge is 0.128 e. The van der Waals surface area contributed by atoms with Gasteiger partial charge in [0.15, 0.2) is 0 Å². The van der Waals surface area contributed by atoms with Gasteiger partial charge in [-0.25, -0.2) is 0 Å². The van der Waals surface area contributed by atoms with Crippen molar-refractivity contribution in [2.24, 2.45) is 0 Å². The van der Waals surface area contributed by atoms with E-state index in [1.165, 1.54) is 14.2 Å². The number of hydrogen-bond donors (Lipinski definition) is 1. The summed E-state index contributed by atoms with van der Waals surface area (Å²) in [5.41, 5.74) is 0.518. The number of nitrogens with zero attached hydrogens (tertiary/aromatic N) is 1. The Morgan fingerprint density at radius 1 is 1.33 bits per heavy atom. The monoisotopic (exact) mass is 207 g/mol. The highest BCUT2D eigenvalue weighted by atomic mass is 16.5. The number of ether oxygens (including phenoxy) is 2. The largest absolute Gasteiger partial charge is 0.496 e. The quantitative estimate of drug-likeness (QED) is 0.815. The van der Waals surface area contributed by atoms with E-state index in [0.717, 1.165) is 0 Å². The fourth-order valence-electron chi connectivity index (χ4n) is 1.40. The van der Waals surface area contributed by atoms with Crippen molar-refractivity contribution < 1.29 is 14.6 Å². The van der Waals surface area contributed by atoms with Gasteiger partial charge in [-0.2, -0.15) is 5.26 Å². The van der Waals surface area contributed by atoms with E-state index in [1.807, 2.05) is 6.07 Å². The van der Waals surface area contributed by atoms with Crippen molar-refractivity contribution in [3.63, 3.8) is 0 Å². The van der Waals surface area contributed by atoms with Gasteiger partial charge >= 0.3 is 0 Å². The van der Waals surface area contributed by atoms with E-state index in [9.17, 15) is 5.11 Å². The lowest BCUT2D eigenvalue weighted by molar-refractivity contribution is 0.174. The van der Waals surface area contributed by atoms with Crippen LogP contribution < -0.4 is 9.47 Å². The predicted octanol–water partition coefficient (Wildman–Crippen LogP) is 1.65. The van der Waals surface area contributed by atoms with E-state index >= 15 is 0 Å². The van der Waals surface area contributed by atoms with Crippen molar-refractivity contribution >= 4 is 0 Å². The summed E-state index contributed by atoms with van der Waals surface area (Å²) in [6.07, 6.45) is -0.877. The van der Waals surface area contributed by atoms with Gasteiger partial charge in [-0.15, -0.1) is 0 Å². The van der Waals surface area contributed by atoms with Gasteiger partial charge in [-0.05, 0) is 12.1 Å². The number of methoxy groups -OCH3 is 2. The van der Waals surface area contributed by atoms with Gasteiger partial charge in [0.2, 0.25) is 0 Å². The molecule has 0 bridgehead atoms. The lowest BCUT2D eigenvalue weighted by Gasteiger charge is -2.15. The summed E-state index contributed by atoms with van der Waals surface area (Å²) in [4.78, 5) is 0. The highest BCUT2D eigenvalue weighted by Gasteiger charge is 2.17. The van der Waals surface area contributed by atoms with Gasteiger partial charge in [0, 0.05) is 0 Å². The third kappa shape index (κ3) is 2.39. The zero-order chi connectivity index (χ0) is 11.3. The molecular weight excluding hydrogens is 194 g/mol. The first-order valence-electron chi connectivity index (χ1n) is 4.50. The molecule has 1 unspecified atom stereocenters. The minimum Gasteiger partial charge on any atom is -0.496 e. The van der Waals surface area contributed by atoms with E-state index in [4.69, 9.17) is 14.7 Å². The molecule has 0 fully saturated rings. The van der Waals surface area contributed by atoms with Crippen LogP contribution >= 0.6 is 0 Å². The molecule has 0 aliphatic heterocycles. The van der Waals surface area contributed by atoms with Crippen LogP contribution in [0.5, 0.6) is 11.5 Å². The van der Waals surface area contributed by atoms with Crippen LogP contribution in [0.25, 0.3) is 0 Å². The Kier molecular flexibility index (Phi) is 3.95. The molecule has 0 aliphatic carbocycles. The Bertz CT molecular complexity index is 348. The van der Waals surface area contributed by atoms with Crippen molar-refractivity contribution in [3.05, 3.63) is 23.8 Å². The summed E-state index contributed by atoms with van der Waals surface area (Å²) in [6, 6.07) is 7.11. The first-order valence-corrected chi connectivity index (χ1v) is 4.50. The minimum atomic E-state index is -0.888. The zero-order valence-corrected chi connectivity index (χ0v) is 8.73. The second kappa shape index (κ2) is 5.23.